The summed E-state index contributed by atoms with van der Waals surface area (Å²) in [6.07, 6.45) is 2.68. The molecule has 2 N–H and O–H groups in total. The standard InChI is InChI=1S/C19H22N4O3S2/c24-18(9-8-17-21-15-5-1-2-6-16(15)22-17)20-13-14-7-10-19(27-14)28(25,26)23-11-3-4-12-23/h1-2,5-7,10H,3-4,8-9,11-13H2,(H,20,24)(H,21,22). The molecule has 148 valence electrons. The van der Waals surface area contributed by atoms with E-state index in [1.54, 1.807) is 12.1 Å². The Morgan fingerprint density at radius 2 is 1.96 bits per heavy atom. The third-order valence-electron chi connectivity index (χ3n) is 4.78. The van der Waals surface area contributed by atoms with Crippen molar-refractivity contribution in [2.24, 2.45) is 0 Å². The summed E-state index contributed by atoms with van der Waals surface area (Å²) >= 11 is 1.22. The van der Waals surface area contributed by atoms with E-state index in [2.05, 4.69) is 15.3 Å². The number of aromatic nitrogens is 2. The second-order valence-corrected chi connectivity index (χ2v) is 10.1. The lowest BCUT2D eigenvalue weighted by atomic mass is 10.3. The molecule has 0 unspecified atom stereocenters. The summed E-state index contributed by atoms with van der Waals surface area (Å²) in [6, 6.07) is 11.2. The van der Waals surface area contributed by atoms with E-state index in [4.69, 9.17) is 0 Å². The van der Waals surface area contributed by atoms with Crippen LogP contribution in [0.4, 0.5) is 0 Å². The van der Waals surface area contributed by atoms with Crippen LogP contribution in [0.15, 0.2) is 40.6 Å². The molecule has 0 aliphatic carbocycles. The van der Waals surface area contributed by atoms with Crippen molar-refractivity contribution in [1.82, 2.24) is 19.6 Å². The summed E-state index contributed by atoms with van der Waals surface area (Å²) in [7, 11) is -3.39. The van der Waals surface area contributed by atoms with E-state index in [9.17, 15) is 13.2 Å². The van der Waals surface area contributed by atoms with Crippen molar-refractivity contribution in [3.8, 4) is 0 Å². The van der Waals surface area contributed by atoms with Crippen molar-refractivity contribution in [3.63, 3.8) is 0 Å². The lowest BCUT2D eigenvalue weighted by molar-refractivity contribution is -0.121. The number of H-pyrrole nitrogens is 1. The Morgan fingerprint density at radius 3 is 2.75 bits per heavy atom. The molecule has 0 radical (unpaired) electrons. The van der Waals surface area contributed by atoms with Gasteiger partial charge in [-0.1, -0.05) is 12.1 Å². The number of amides is 1. The van der Waals surface area contributed by atoms with E-state index in [-0.39, 0.29) is 5.91 Å². The molecule has 1 fully saturated rings. The minimum atomic E-state index is -3.39. The molecule has 3 aromatic rings. The fourth-order valence-electron chi connectivity index (χ4n) is 3.28. The number of nitrogens with one attached hydrogen (secondary N) is 2. The number of fused-ring (bicyclic) bond motifs is 1. The number of aromatic amines is 1. The molecule has 1 aliphatic rings. The molecule has 7 nitrogen and oxygen atoms in total. The van der Waals surface area contributed by atoms with E-state index in [1.165, 1.54) is 15.6 Å². The largest absolute Gasteiger partial charge is 0.351 e. The molecular formula is C19H22N4O3S2. The number of thiophene rings is 1. The zero-order valence-electron chi connectivity index (χ0n) is 15.3. The van der Waals surface area contributed by atoms with E-state index in [0.29, 0.717) is 36.7 Å². The highest BCUT2D eigenvalue weighted by Crippen LogP contribution is 2.27. The van der Waals surface area contributed by atoms with Gasteiger partial charge in [0.2, 0.25) is 5.91 Å². The fourth-order valence-corrected chi connectivity index (χ4v) is 6.24. The zero-order valence-corrected chi connectivity index (χ0v) is 17.0. The Bertz CT molecular complexity index is 1050. The van der Waals surface area contributed by atoms with Crippen molar-refractivity contribution in [2.75, 3.05) is 13.1 Å². The highest BCUT2D eigenvalue weighted by Gasteiger charge is 2.28. The molecule has 0 atom stereocenters. The number of sulfonamides is 1. The monoisotopic (exact) mass is 418 g/mol. The van der Waals surface area contributed by atoms with Crippen LogP contribution < -0.4 is 5.32 Å². The van der Waals surface area contributed by atoms with Crippen molar-refractivity contribution in [3.05, 3.63) is 47.1 Å². The van der Waals surface area contributed by atoms with Crippen LogP contribution >= 0.6 is 11.3 Å². The number of carbonyl (C=O) groups excluding carboxylic acids is 1. The average Bonchev–Trinajstić information content (AvgIpc) is 3.45. The number of nitrogens with zero attached hydrogens (tertiary/aromatic N) is 2. The summed E-state index contributed by atoms with van der Waals surface area (Å²) < 4.78 is 27.0. The third-order valence-corrected chi connectivity index (χ3v) is 8.23. The molecule has 0 saturated carbocycles. The number of para-hydroxylation sites is 2. The van der Waals surface area contributed by atoms with Crippen LogP contribution in [0.2, 0.25) is 0 Å². The zero-order chi connectivity index (χ0) is 19.6. The number of hydrogen-bond donors (Lipinski definition) is 2. The molecule has 1 amide bonds. The van der Waals surface area contributed by atoms with Gasteiger partial charge in [0.25, 0.3) is 10.0 Å². The van der Waals surface area contributed by atoms with Gasteiger partial charge in [-0.15, -0.1) is 11.3 Å². The van der Waals surface area contributed by atoms with Crippen LogP contribution in [0.3, 0.4) is 0 Å². The first kappa shape index (κ1) is 19.1. The summed E-state index contributed by atoms with van der Waals surface area (Å²) in [4.78, 5) is 20.6. The van der Waals surface area contributed by atoms with Gasteiger partial charge in [0.15, 0.2) is 0 Å². The predicted molar refractivity (Wildman–Crippen MR) is 109 cm³/mol. The second-order valence-electron chi connectivity index (χ2n) is 6.81. The molecule has 0 spiro atoms. The van der Waals surface area contributed by atoms with E-state index >= 15 is 0 Å². The van der Waals surface area contributed by atoms with Crippen molar-refractivity contribution < 1.29 is 13.2 Å². The molecule has 9 heteroatoms. The van der Waals surface area contributed by atoms with Crippen LogP contribution in [-0.2, 0) is 27.8 Å². The predicted octanol–water partition coefficient (Wildman–Crippen LogP) is 2.66. The molecule has 1 saturated heterocycles. The topological polar surface area (TPSA) is 95.2 Å². The Labute approximate surface area is 167 Å². The Morgan fingerprint density at radius 1 is 1.18 bits per heavy atom. The summed E-state index contributed by atoms with van der Waals surface area (Å²) in [5.74, 6) is 0.698. The maximum absolute atomic E-state index is 12.6. The number of hydrogen-bond acceptors (Lipinski definition) is 5. The van der Waals surface area contributed by atoms with Crippen LogP contribution in [0.5, 0.6) is 0 Å². The summed E-state index contributed by atoms with van der Waals surface area (Å²) in [5, 5.41) is 2.86. The normalized spacial score (nSPS) is 15.3. The second kappa shape index (κ2) is 8.02. The molecule has 1 aliphatic heterocycles. The lowest BCUT2D eigenvalue weighted by Crippen LogP contribution is -2.27. The first-order valence-corrected chi connectivity index (χ1v) is 11.6. The van der Waals surface area contributed by atoms with E-state index < -0.39 is 10.0 Å². The highest BCUT2D eigenvalue weighted by atomic mass is 32.2. The number of benzene rings is 1. The molecule has 3 heterocycles. The van der Waals surface area contributed by atoms with Gasteiger partial charge in [-0.2, -0.15) is 4.31 Å². The van der Waals surface area contributed by atoms with Gasteiger partial charge in [-0.3, -0.25) is 4.79 Å². The molecule has 4 rings (SSSR count). The van der Waals surface area contributed by atoms with Crippen LogP contribution in [-0.4, -0.2) is 41.7 Å². The number of carbonyl (C=O) groups is 1. The van der Waals surface area contributed by atoms with Crippen LogP contribution in [0, 0.1) is 0 Å². The Kier molecular flexibility index (Phi) is 5.47. The average molecular weight is 419 g/mol. The molecule has 0 bridgehead atoms. The molecule has 1 aromatic carbocycles. The van der Waals surface area contributed by atoms with Gasteiger partial charge in [0.1, 0.15) is 10.0 Å². The summed E-state index contributed by atoms with van der Waals surface area (Å²) in [5.41, 5.74) is 1.85. The van der Waals surface area contributed by atoms with Crippen LogP contribution in [0.25, 0.3) is 11.0 Å². The smallest absolute Gasteiger partial charge is 0.252 e. The van der Waals surface area contributed by atoms with Crippen LogP contribution in [0.1, 0.15) is 30.0 Å². The van der Waals surface area contributed by atoms with Crippen molar-refractivity contribution >= 4 is 38.3 Å². The number of rotatable bonds is 7. The SMILES string of the molecule is O=C(CCc1nc2ccccc2[nH]1)NCc1ccc(S(=O)(=O)N2CCCC2)s1. The fraction of sp³-hybridized carbons (Fsp3) is 0.368. The number of aryl methyl sites for hydroxylation is 1. The van der Waals surface area contributed by atoms with Crippen molar-refractivity contribution in [2.45, 2.75) is 36.4 Å². The molecule has 2 aromatic heterocycles. The lowest BCUT2D eigenvalue weighted by Gasteiger charge is -2.13. The van der Waals surface area contributed by atoms with E-state index in [0.717, 1.165) is 34.6 Å². The Balaban J connectivity index is 1.29. The van der Waals surface area contributed by atoms with Gasteiger partial charge in [0.05, 0.1) is 17.6 Å². The highest BCUT2D eigenvalue weighted by molar-refractivity contribution is 7.91. The minimum absolute atomic E-state index is 0.0854. The van der Waals surface area contributed by atoms with Gasteiger partial charge >= 0.3 is 0 Å². The maximum atomic E-state index is 12.6. The van der Waals surface area contributed by atoms with E-state index in [1.807, 2.05) is 24.3 Å². The van der Waals surface area contributed by atoms with Gasteiger partial charge in [0, 0.05) is 30.8 Å². The van der Waals surface area contributed by atoms with Gasteiger partial charge < -0.3 is 10.3 Å². The molecule has 28 heavy (non-hydrogen) atoms. The Hall–Kier alpha value is -2.23. The number of imidazole rings is 1. The quantitative estimate of drug-likeness (QED) is 0.617. The maximum Gasteiger partial charge on any atom is 0.252 e. The van der Waals surface area contributed by atoms with Crippen molar-refractivity contribution in [1.29, 1.82) is 0 Å². The first-order chi connectivity index (χ1) is 13.5. The summed E-state index contributed by atoms with van der Waals surface area (Å²) in [6.45, 7) is 1.52. The van der Waals surface area contributed by atoms with Gasteiger partial charge in [-0.25, -0.2) is 13.4 Å². The third kappa shape index (κ3) is 4.11. The first-order valence-electron chi connectivity index (χ1n) is 9.31. The molecular weight excluding hydrogens is 396 g/mol. The van der Waals surface area contributed by atoms with Gasteiger partial charge in [-0.05, 0) is 37.1 Å². The minimum Gasteiger partial charge on any atom is -0.351 e.